The van der Waals surface area contributed by atoms with Crippen molar-refractivity contribution < 1.29 is 13.2 Å². The fourth-order valence-electron chi connectivity index (χ4n) is 3.69. The zero-order valence-electron chi connectivity index (χ0n) is 16.2. The Kier molecular flexibility index (Phi) is 6.68. The molecule has 0 bridgehead atoms. The third-order valence-electron chi connectivity index (χ3n) is 5.22. The number of likely N-dealkylation sites (tertiary alicyclic amines) is 1. The molecule has 1 aromatic carbocycles. The van der Waals surface area contributed by atoms with E-state index in [1.807, 2.05) is 34.9 Å². The molecular weight excluding hydrogens is 362 g/mol. The summed E-state index contributed by atoms with van der Waals surface area (Å²) in [4.78, 5) is 6.71. The molecule has 1 aliphatic heterocycles. The van der Waals surface area contributed by atoms with Gasteiger partial charge in [-0.1, -0.05) is 43.7 Å². The van der Waals surface area contributed by atoms with Crippen molar-refractivity contribution in [2.45, 2.75) is 50.5 Å². The maximum absolute atomic E-state index is 12.6. The summed E-state index contributed by atoms with van der Waals surface area (Å²) in [7, 11) is -1.65. The number of rotatable bonds is 8. The first kappa shape index (κ1) is 20.0. The lowest BCUT2D eigenvalue weighted by atomic mass is 10.0. The van der Waals surface area contributed by atoms with Gasteiger partial charge in [0.15, 0.2) is 0 Å². The Morgan fingerprint density at radius 3 is 2.67 bits per heavy atom. The van der Waals surface area contributed by atoms with Crippen molar-refractivity contribution in [3.63, 3.8) is 0 Å². The van der Waals surface area contributed by atoms with Crippen LogP contribution in [0.2, 0.25) is 0 Å². The van der Waals surface area contributed by atoms with E-state index in [1.165, 1.54) is 6.42 Å². The van der Waals surface area contributed by atoms with Gasteiger partial charge in [0, 0.05) is 19.7 Å². The van der Waals surface area contributed by atoms with Crippen molar-refractivity contribution in [3.05, 3.63) is 47.8 Å². The van der Waals surface area contributed by atoms with E-state index >= 15 is 0 Å². The molecule has 148 valence electrons. The minimum atomic E-state index is -3.38. The molecule has 1 aliphatic rings. The lowest BCUT2D eigenvalue weighted by Gasteiger charge is -2.35. The first-order chi connectivity index (χ1) is 13.0. The summed E-state index contributed by atoms with van der Waals surface area (Å²) in [6.07, 6.45) is 5.21. The van der Waals surface area contributed by atoms with E-state index in [9.17, 15) is 8.42 Å². The molecule has 2 aromatic rings. The fraction of sp³-hybridized carbons (Fsp3) is 0.550. The van der Waals surface area contributed by atoms with E-state index in [2.05, 4.69) is 9.88 Å². The number of benzene rings is 1. The molecule has 1 saturated heterocycles. The van der Waals surface area contributed by atoms with Crippen molar-refractivity contribution in [1.82, 2.24) is 14.5 Å². The number of imidazole rings is 1. The number of hydrogen-bond acceptors (Lipinski definition) is 5. The van der Waals surface area contributed by atoms with Crippen LogP contribution in [0, 0.1) is 0 Å². The molecule has 27 heavy (non-hydrogen) atoms. The molecule has 0 amide bonds. The molecule has 0 N–H and O–H groups in total. The van der Waals surface area contributed by atoms with Crippen LogP contribution in [0.15, 0.2) is 41.7 Å². The Morgan fingerprint density at radius 1 is 1.19 bits per heavy atom. The molecule has 3 rings (SSSR count). The summed E-state index contributed by atoms with van der Waals surface area (Å²) in [6, 6.07) is 10.3. The smallest absolute Gasteiger partial charge is 0.228 e. The van der Waals surface area contributed by atoms with E-state index in [0.29, 0.717) is 25.7 Å². The molecule has 0 unspecified atom stereocenters. The maximum atomic E-state index is 12.6. The van der Waals surface area contributed by atoms with Crippen molar-refractivity contribution in [3.8, 4) is 0 Å². The van der Waals surface area contributed by atoms with Crippen molar-refractivity contribution in [2.24, 2.45) is 0 Å². The average Bonchev–Trinajstić information content (AvgIpc) is 3.07. The average molecular weight is 392 g/mol. The second-order valence-electron chi connectivity index (χ2n) is 7.08. The maximum Gasteiger partial charge on any atom is 0.228 e. The van der Waals surface area contributed by atoms with E-state index in [0.717, 1.165) is 30.6 Å². The molecule has 1 atom stereocenters. The Hall–Kier alpha value is -1.70. The summed E-state index contributed by atoms with van der Waals surface area (Å²) in [5.74, 6) is 0.0499. The third kappa shape index (κ3) is 4.78. The quantitative estimate of drug-likeness (QED) is 0.692. The Balaban J connectivity index is 1.92. The number of sulfone groups is 1. The normalized spacial score (nSPS) is 18.7. The molecule has 1 aromatic heterocycles. The summed E-state index contributed by atoms with van der Waals surface area (Å²) >= 11 is 0. The van der Waals surface area contributed by atoms with Gasteiger partial charge in [-0.05, 0) is 24.9 Å². The molecule has 0 radical (unpaired) electrons. The molecule has 0 saturated carbocycles. The first-order valence-electron chi connectivity index (χ1n) is 9.59. The first-order valence-corrected chi connectivity index (χ1v) is 11.2. The highest BCUT2D eigenvalue weighted by molar-refractivity contribution is 7.91. The lowest BCUT2D eigenvalue weighted by molar-refractivity contribution is 0.0585. The molecule has 2 heterocycles. The monoisotopic (exact) mass is 391 g/mol. The van der Waals surface area contributed by atoms with Crippen LogP contribution in [0.4, 0.5) is 0 Å². The topological polar surface area (TPSA) is 64.4 Å². The van der Waals surface area contributed by atoms with Gasteiger partial charge in [-0.3, -0.25) is 4.90 Å². The standard InChI is InChI=1S/C20H29N3O3S/c1-3-27(24,25)20-21-13-19(23(20)14-17-9-5-4-6-10-17)15-22-12-8-7-11-18(22)16-26-2/h4-6,9-10,13,18H,3,7-8,11-12,14-16H2,1-2H3/t18-/m1/s1. The van der Waals surface area contributed by atoms with E-state index < -0.39 is 9.84 Å². The van der Waals surface area contributed by atoms with Gasteiger partial charge in [0.25, 0.3) is 0 Å². The van der Waals surface area contributed by atoms with Gasteiger partial charge < -0.3 is 9.30 Å². The van der Waals surface area contributed by atoms with Crippen LogP contribution < -0.4 is 0 Å². The van der Waals surface area contributed by atoms with Gasteiger partial charge in [-0.25, -0.2) is 13.4 Å². The zero-order chi connectivity index (χ0) is 19.3. The second-order valence-corrected chi connectivity index (χ2v) is 9.25. The minimum Gasteiger partial charge on any atom is -0.383 e. The molecule has 7 heteroatoms. The number of piperidine rings is 1. The molecule has 0 spiro atoms. The second kappa shape index (κ2) is 8.99. The number of hydrogen-bond donors (Lipinski definition) is 0. The molecule has 1 fully saturated rings. The van der Waals surface area contributed by atoms with Gasteiger partial charge in [-0.15, -0.1) is 0 Å². The highest BCUT2D eigenvalue weighted by Gasteiger charge is 2.26. The van der Waals surface area contributed by atoms with Crippen LogP contribution >= 0.6 is 0 Å². The molecule has 6 nitrogen and oxygen atoms in total. The minimum absolute atomic E-state index is 0.0499. The van der Waals surface area contributed by atoms with E-state index in [-0.39, 0.29) is 10.9 Å². The predicted molar refractivity (Wildman–Crippen MR) is 105 cm³/mol. The van der Waals surface area contributed by atoms with Crippen LogP contribution in [-0.2, 0) is 27.7 Å². The highest BCUT2D eigenvalue weighted by atomic mass is 32.2. The van der Waals surface area contributed by atoms with Crippen LogP contribution in [0.25, 0.3) is 0 Å². The van der Waals surface area contributed by atoms with Gasteiger partial charge >= 0.3 is 0 Å². The number of aromatic nitrogens is 2. The largest absolute Gasteiger partial charge is 0.383 e. The van der Waals surface area contributed by atoms with Gasteiger partial charge in [0.1, 0.15) is 0 Å². The summed E-state index contributed by atoms with van der Waals surface area (Å²) < 4.78 is 32.4. The van der Waals surface area contributed by atoms with Crippen molar-refractivity contribution >= 4 is 9.84 Å². The summed E-state index contributed by atoms with van der Waals surface area (Å²) in [6.45, 7) is 4.56. The fourth-order valence-corrected chi connectivity index (χ4v) is 4.68. The van der Waals surface area contributed by atoms with Gasteiger partial charge in [-0.2, -0.15) is 0 Å². The van der Waals surface area contributed by atoms with E-state index in [1.54, 1.807) is 20.2 Å². The van der Waals surface area contributed by atoms with Crippen molar-refractivity contribution in [1.29, 1.82) is 0 Å². The summed E-state index contributed by atoms with van der Waals surface area (Å²) in [5.41, 5.74) is 2.00. The number of ether oxygens (including phenoxy) is 1. The summed E-state index contributed by atoms with van der Waals surface area (Å²) in [5, 5.41) is 0.171. The van der Waals surface area contributed by atoms with Gasteiger partial charge in [0.05, 0.1) is 30.8 Å². The number of methoxy groups -OCH3 is 1. The Bertz CT molecular complexity index is 831. The third-order valence-corrected chi connectivity index (χ3v) is 6.86. The molecule has 0 aliphatic carbocycles. The Morgan fingerprint density at radius 2 is 1.96 bits per heavy atom. The van der Waals surface area contributed by atoms with Crippen LogP contribution in [0.3, 0.4) is 0 Å². The number of nitrogens with zero attached hydrogens (tertiary/aromatic N) is 3. The van der Waals surface area contributed by atoms with Crippen molar-refractivity contribution in [2.75, 3.05) is 26.0 Å². The predicted octanol–water partition coefficient (Wildman–Crippen LogP) is 2.73. The highest BCUT2D eigenvalue weighted by Crippen LogP contribution is 2.22. The van der Waals surface area contributed by atoms with Crippen LogP contribution in [0.5, 0.6) is 0 Å². The van der Waals surface area contributed by atoms with Crippen LogP contribution in [-0.4, -0.2) is 54.9 Å². The van der Waals surface area contributed by atoms with Crippen LogP contribution in [0.1, 0.15) is 37.4 Å². The lowest BCUT2D eigenvalue weighted by Crippen LogP contribution is -2.42. The van der Waals surface area contributed by atoms with E-state index in [4.69, 9.17) is 4.74 Å². The molecular formula is C20H29N3O3S. The zero-order valence-corrected chi connectivity index (χ0v) is 17.0. The van der Waals surface area contributed by atoms with Gasteiger partial charge in [0.2, 0.25) is 15.0 Å². The SMILES string of the molecule is CCS(=O)(=O)c1ncc(CN2CCCC[C@@H]2COC)n1Cc1ccccc1. The Labute approximate surface area is 162 Å².